The number of hydrogen-bond donors (Lipinski definition) is 0. The maximum Gasteiger partial charge on any atom is 0.223 e. The molecule has 0 aliphatic heterocycles. The molecule has 0 amide bonds. The summed E-state index contributed by atoms with van der Waals surface area (Å²) in [6.45, 7) is 0. The van der Waals surface area contributed by atoms with E-state index >= 15 is 0 Å². The quantitative estimate of drug-likeness (QED) is 0.589. The molecule has 2 unspecified atom stereocenters. The van der Waals surface area contributed by atoms with Gasteiger partial charge >= 0.3 is 0 Å². The Morgan fingerprint density at radius 2 is 1.27 bits per heavy atom. The van der Waals surface area contributed by atoms with Crippen molar-refractivity contribution in [3.8, 4) is 0 Å². The summed E-state index contributed by atoms with van der Waals surface area (Å²) in [6.07, 6.45) is -3.97. The highest BCUT2D eigenvalue weighted by atomic mass is 19.2. The molecular formula is C6H6F4O. The first-order valence-electron chi connectivity index (χ1n) is 2.68. The van der Waals surface area contributed by atoms with E-state index in [9.17, 15) is 17.6 Å². The molecule has 0 heterocycles. The Kier molecular flexibility index (Phi) is 5.46. The summed E-state index contributed by atoms with van der Waals surface area (Å²) in [7, 11) is 0. The molecule has 0 saturated heterocycles. The number of alkyl halides is 2. The van der Waals surface area contributed by atoms with Gasteiger partial charge in [0.25, 0.3) is 0 Å². The zero-order valence-corrected chi connectivity index (χ0v) is 5.38. The fraction of sp³-hybridized carbons (Fsp3) is 0.333. The summed E-state index contributed by atoms with van der Waals surface area (Å²) in [6, 6.07) is 0. The molecule has 0 aromatic rings. The van der Waals surface area contributed by atoms with E-state index in [1.165, 1.54) is 0 Å². The molecule has 0 aliphatic rings. The summed E-state index contributed by atoms with van der Waals surface area (Å²) in [5.74, 6) is 0. The molecule has 0 aromatic heterocycles. The van der Waals surface area contributed by atoms with Crippen molar-refractivity contribution in [1.29, 1.82) is 0 Å². The van der Waals surface area contributed by atoms with Crippen LogP contribution < -0.4 is 0 Å². The lowest BCUT2D eigenvalue weighted by Gasteiger charge is -2.05. The van der Waals surface area contributed by atoms with E-state index in [0.717, 1.165) is 0 Å². The van der Waals surface area contributed by atoms with Gasteiger partial charge in [-0.05, 0) is 0 Å². The molecule has 1 nitrogen and oxygen atoms in total. The normalized spacial score (nSPS) is 17.8. The SMILES string of the molecule is FC=CC(F)OC(F)C=CF. The van der Waals surface area contributed by atoms with Crippen molar-refractivity contribution in [1.82, 2.24) is 0 Å². The van der Waals surface area contributed by atoms with Crippen LogP contribution in [0.4, 0.5) is 17.6 Å². The van der Waals surface area contributed by atoms with Gasteiger partial charge in [0.2, 0.25) is 12.7 Å². The minimum absolute atomic E-state index is 0.128. The zero-order chi connectivity index (χ0) is 8.69. The molecule has 0 bridgehead atoms. The second-order valence-electron chi connectivity index (χ2n) is 1.48. The first-order chi connectivity index (χ1) is 5.20. The Morgan fingerprint density at radius 3 is 1.55 bits per heavy atom. The minimum Gasteiger partial charge on any atom is -0.307 e. The molecule has 0 fully saturated rings. The molecule has 2 atom stereocenters. The van der Waals surface area contributed by atoms with Gasteiger partial charge in [0.15, 0.2) is 0 Å². The predicted octanol–water partition coefficient (Wildman–Crippen LogP) is 2.56. The van der Waals surface area contributed by atoms with Gasteiger partial charge in [-0.3, -0.25) is 0 Å². The lowest BCUT2D eigenvalue weighted by molar-refractivity contribution is -0.0912. The van der Waals surface area contributed by atoms with Crippen LogP contribution in [-0.2, 0) is 4.74 Å². The molecule has 0 radical (unpaired) electrons. The summed E-state index contributed by atoms with van der Waals surface area (Å²) in [4.78, 5) is 0. The minimum atomic E-state index is -2.20. The number of ether oxygens (including phenoxy) is 1. The first kappa shape index (κ1) is 10.2. The highest BCUT2D eigenvalue weighted by molar-refractivity contribution is 4.81. The monoisotopic (exact) mass is 170 g/mol. The molecule has 0 aliphatic carbocycles. The second-order valence-corrected chi connectivity index (χ2v) is 1.48. The van der Waals surface area contributed by atoms with Gasteiger partial charge < -0.3 is 4.74 Å². The average Bonchev–Trinajstić information content (AvgIpc) is 1.87. The van der Waals surface area contributed by atoms with Gasteiger partial charge in [0.1, 0.15) is 0 Å². The van der Waals surface area contributed by atoms with Gasteiger partial charge in [-0.25, -0.2) is 17.6 Å². The second kappa shape index (κ2) is 5.91. The van der Waals surface area contributed by atoms with Crippen LogP contribution in [0.3, 0.4) is 0 Å². The molecule has 0 rings (SSSR count). The van der Waals surface area contributed by atoms with Crippen LogP contribution >= 0.6 is 0 Å². The Balaban J connectivity index is 3.65. The first-order valence-corrected chi connectivity index (χ1v) is 2.68. The summed E-state index contributed by atoms with van der Waals surface area (Å²) in [5, 5.41) is 0. The van der Waals surface area contributed by atoms with Crippen molar-refractivity contribution in [2.45, 2.75) is 12.7 Å². The molecule has 0 aromatic carbocycles. The molecule has 0 saturated carbocycles. The maximum atomic E-state index is 12.0. The summed E-state index contributed by atoms with van der Waals surface area (Å²) in [5.41, 5.74) is 0. The highest BCUT2D eigenvalue weighted by Crippen LogP contribution is 2.04. The van der Waals surface area contributed by atoms with Crippen LogP contribution in [0, 0.1) is 0 Å². The maximum absolute atomic E-state index is 12.0. The third kappa shape index (κ3) is 5.60. The third-order valence-electron chi connectivity index (χ3n) is 0.708. The Morgan fingerprint density at radius 1 is 0.909 bits per heavy atom. The van der Waals surface area contributed by atoms with Crippen LogP contribution in [0.25, 0.3) is 0 Å². The smallest absolute Gasteiger partial charge is 0.223 e. The fourth-order valence-corrected chi connectivity index (χ4v) is 0.329. The van der Waals surface area contributed by atoms with Gasteiger partial charge in [0.05, 0.1) is 12.7 Å². The van der Waals surface area contributed by atoms with E-state index < -0.39 is 12.7 Å². The molecule has 11 heavy (non-hydrogen) atoms. The molecule has 0 N–H and O–H groups in total. The molecular weight excluding hydrogens is 164 g/mol. The third-order valence-corrected chi connectivity index (χ3v) is 0.708. The van der Waals surface area contributed by atoms with Crippen LogP contribution in [0.2, 0.25) is 0 Å². The van der Waals surface area contributed by atoms with Crippen molar-refractivity contribution >= 4 is 0 Å². The molecule has 0 spiro atoms. The van der Waals surface area contributed by atoms with Crippen molar-refractivity contribution < 1.29 is 22.3 Å². The van der Waals surface area contributed by atoms with Crippen LogP contribution in [0.1, 0.15) is 0 Å². The topological polar surface area (TPSA) is 9.23 Å². The largest absolute Gasteiger partial charge is 0.307 e. The van der Waals surface area contributed by atoms with Crippen LogP contribution in [0.5, 0.6) is 0 Å². The van der Waals surface area contributed by atoms with Crippen LogP contribution in [-0.4, -0.2) is 12.7 Å². The van der Waals surface area contributed by atoms with E-state index in [2.05, 4.69) is 4.74 Å². The Labute approximate surface area is 61.0 Å². The average molecular weight is 170 g/mol. The number of halogens is 4. The standard InChI is InChI=1S/C6H6F4O/c7-3-1-5(9)11-6(10)2-4-8/h1-6H. The Hall–Kier alpha value is -0.840. The van der Waals surface area contributed by atoms with Crippen molar-refractivity contribution in [2.75, 3.05) is 0 Å². The lowest BCUT2D eigenvalue weighted by Crippen LogP contribution is -2.09. The highest BCUT2D eigenvalue weighted by Gasteiger charge is 2.08. The van der Waals surface area contributed by atoms with Crippen molar-refractivity contribution in [2.24, 2.45) is 0 Å². The van der Waals surface area contributed by atoms with Crippen molar-refractivity contribution in [3.63, 3.8) is 0 Å². The van der Waals surface area contributed by atoms with Crippen molar-refractivity contribution in [3.05, 3.63) is 24.8 Å². The zero-order valence-electron chi connectivity index (χ0n) is 5.38. The van der Waals surface area contributed by atoms with E-state index in [4.69, 9.17) is 0 Å². The van der Waals surface area contributed by atoms with E-state index in [1.807, 2.05) is 0 Å². The number of rotatable bonds is 4. The van der Waals surface area contributed by atoms with Gasteiger partial charge in [-0.15, -0.1) is 0 Å². The Bertz CT molecular complexity index is 130. The van der Waals surface area contributed by atoms with E-state index in [1.54, 1.807) is 0 Å². The molecule has 64 valence electrons. The van der Waals surface area contributed by atoms with Gasteiger partial charge in [0, 0.05) is 12.2 Å². The summed E-state index contributed by atoms with van der Waals surface area (Å²) < 4.78 is 50.1. The van der Waals surface area contributed by atoms with E-state index in [0.29, 0.717) is 12.2 Å². The fourth-order valence-electron chi connectivity index (χ4n) is 0.329. The predicted molar refractivity (Wildman–Crippen MR) is 31.4 cm³/mol. The summed E-state index contributed by atoms with van der Waals surface area (Å²) >= 11 is 0. The number of hydrogen-bond acceptors (Lipinski definition) is 1. The van der Waals surface area contributed by atoms with Gasteiger partial charge in [-0.1, -0.05) is 0 Å². The van der Waals surface area contributed by atoms with Gasteiger partial charge in [-0.2, -0.15) is 0 Å². The molecule has 5 heteroatoms. The van der Waals surface area contributed by atoms with Crippen LogP contribution in [0.15, 0.2) is 24.8 Å². The van der Waals surface area contributed by atoms with E-state index in [-0.39, 0.29) is 12.7 Å². The lowest BCUT2D eigenvalue weighted by atomic mass is 10.6.